The lowest BCUT2D eigenvalue weighted by Crippen LogP contribution is -2.39. The Morgan fingerprint density at radius 2 is 2.10 bits per heavy atom. The Kier molecular flexibility index (Phi) is 5.88. The molecule has 1 N–H and O–H groups in total. The second kappa shape index (κ2) is 7.91. The summed E-state index contributed by atoms with van der Waals surface area (Å²) >= 11 is 0. The normalized spacial score (nSPS) is 16.8. The molecule has 108 valence electrons. The summed E-state index contributed by atoms with van der Waals surface area (Å²) in [6.07, 6.45) is 5.32. The number of nitrogens with one attached hydrogen (secondary N) is 1. The summed E-state index contributed by atoms with van der Waals surface area (Å²) in [5, 5.41) is 12.2. The van der Waals surface area contributed by atoms with Crippen LogP contribution in [0.3, 0.4) is 0 Å². The van der Waals surface area contributed by atoms with Crippen LogP contribution in [0.5, 0.6) is 0 Å². The van der Waals surface area contributed by atoms with Crippen LogP contribution in [0.4, 0.5) is 5.69 Å². The van der Waals surface area contributed by atoms with Crippen molar-refractivity contribution in [3.05, 3.63) is 29.8 Å². The third-order valence-corrected chi connectivity index (χ3v) is 3.99. The van der Waals surface area contributed by atoms with Gasteiger partial charge in [-0.2, -0.15) is 5.26 Å². The molecule has 20 heavy (non-hydrogen) atoms. The Hall–Kier alpha value is -1.53. The van der Waals surface area contributed by atoms with Gasteiger partial charge in [0.25, 0.3) is 0 Å². The van der Waals surface area contributed by atoms with Crippen molar-refractivity contribution in [2.45, 2.75) is 45.1 Å². The second-order valence-electron chi connectivity index (χ2n) is 5.74. The molecule has 0 aromatic heterocycles. The molecule has 0 atom stereocenters. The zero-order chi connectivity index (χ0) is 14.2. The van der Waals surface area contributed by atoms with E-state index in [1.165, 1.54) is 37.2 Å². The van der Waals surface area contributed by atoms with Crippen LogP contribution in [0.15, 0.2) is 24.3 Å². The number of nitriles is 1. The van der Waals surface area contributed by atoms with Crippen LogP contribution >= 0.6 is 0 Å². The van der Waals surface area contributed by atoms with Crippen LogP contribution in [0.25, 0.3) is 0 Å². The number of likely N-dealkylation sites (tertiary alicyclic amines) is 1. The molecule has 1 heterocycles. The molecule has 3 nitrogen and oxygen atoms in total. The van der Waals surface area contributed by atoms with E-state index in [2.05, 4.69) is 47.5 Å². The molecule has 1 aromatic rings. The first kappa shape index (κ1) is 14.9. The number of aryl methyl sites for hydroxylation is 1. The fraction of sp³-hybridized carbons (Fsp3) is 0.588. The van der Waals surface area contributed by atoms with E-state index in [9.17, 15) is 0 Å². The number of anilines is 1. The van der Waals surface area contributed by atoms with E-state index in [-0.39, 0.29) is 0 Å². The molecule has 0 aliphatic carbocycles. The van der Waals surface area contributed by atoms with Crippen LogP contribution in [0.2, 0.25) is 0 Å². The monoisotopic (exact) mass is 271 g/mol. The van der Waals surface area contributed by atoms with Crippen molar-refractivity contribution in [2.24, 2.45) is 0 Å². The van der Waals surface area contributed by atoms with Crippen molar-refractivity contribution >= 4 is 5.69 Å². The van der Waals surface area contributed by atoms with Crippen LogP contribution in [0, 0.1) is 18.3 Å². The number of hydrogen-bond acceptors (Lipinski definition) is 3. The Morgan fingerprint density at radius 1 is 1.30 bits per heavy atom. The summed E-state index contributed by atoms with van der Waals surface area (Å²) in [4.78, 5) is 2.53. The minimum Gasteiger partial charge on any atom is -0.382 e. The van der Waals surface area contributed by atoms with Crippen LogP contribution in [0.1, 0.15) is 37.7 Å². The van der Waals surface area contributed by atoms with Gasteiger partial charge in [0.2, 0.25) is 0 Å². The third kappa shape index (κ3) is 4.86. The van der Waals surface area contributed by atoms with Gasteiger partial charge in [-0.05, 0) is 56.8 Å². The molecule has 0 spiro atoms. The number of hydrogen-bond donors (Lipinski definition) is 1. The molecule has 0 radical (unpaired) electrons. The van der Waals surface area contributed by atoms with Gasteiger partial charge in [0.05, 0.1) is 6.07 Å². The SMILES string of the molecule is Cc1cccc(NC2CCN(CCCCC#N)CC2)c1. The van der Waals surface area contributed by atoms with Gasteiger partial charge < -0.3 is 10.2 Å². The molecule has 1 fully saturated rings. The maximum atomic E-state index is 8.53. The molecular formula is C17H25N3. The smallest absolute Gasteiger partial charge is 0.0621 e. The maximum Gasteiger partial charge on any atom is 0.0621 e. The van der Waals surface area contributed by atoms with Gasteiger partial charge in [-0.1, -0.05) is 12.1 Å². The Bertz CT molecular complexity index is 442. The number of benzene rings is 1. The summed E-state index contributed by atoms with van der Waals surface area (Å²) < 4.78 is 0. The first-order valence-electron chi connectivity index (χ1n) is 7.70. The number of rotatable bonds is 6. The Morgan fingerprint density at radius 3 is 2.80 bits per heavy atom. The van der Waals surface area contributed by atoms with Crippen LogP contribution in [-0.2, 0) is 0 Å². The Labute approximate surface area is 122 Å². The predicted octanol–water partition coefficient (Wildman–Crippen LogP) is 3.57. The molecule has 2 rings (SSSR count). The molecule has 1 aliphatic rings. The molecule has 0 bridgehead atoms. The topological polar surface area (TPSA) is 39.1 Å². The van der Waals surface area contributed by atoms with Gasteiger partial charge in [0.15, 0.2) is 0 Å². The van der Waals surface area contributed by atoms with Crippen molar-refractivity contribution in [3.63, 3.8) is 0 Å². The highest BCUT2D eigenvalue weighted by Crippen LogP contribution is 2.17. The lowest BCUT2D eigenvalue weighted by Gasteiger charge is -2.32. The van der Waals surface area contributed by atoms with Gasteiger partial charge in [-0.25, -0.2) is 0 Å². The van der Waals surface area contributed by atoms with Crippen molar-refractivity contribution < 1.29 is 0 Å². The Balaban J connectivity index is 1.68. The second-order valence-corrected chi connectivity index (χ2v) is 5.74. The molecule has 1 aromatic carbocycles. The van der Waals surface area contributed by atoms with Crippen LogP contribution < -0.4 is 5.32 Å². The molecule has 0 saturated carbocycles. The molecule has 1 aliphatic heterocycles. The quantitative estimate of drug-likeness (QED) is 0.804. The zero-order valence-electron chi connectivity index (χ0n) is 12.4. The lowest BCUT2D eigenvalue weighted by molar-refractivity contribution is 0.215. The summed E-state index contributed by atoms with van der Waals surface area (Å²) in [6, 6.07) is 11.4. The van der Waals surface area contributed by atoms with Gasteiger partial charge in [0, 0.05) is 31.2 Å². The molecule has 0 amide bonds. The minimum absolute atomic E-state index is 0.604. The van der Waals surface area contributed by atoms with E-state index in [0.29, 0.717) is 12.5 Å². The predicted molar refractivity (Wildman–Crippen MR) is 83.7 cm³/mol. The van der Waals surface area contributed by atoms with Crippen molar-refractivity contribution in [1.82, 2.24) is 4.90 Å². The molecule has 0 unspecified atom stereocenters. The highest BCUT2D eigenvalue weighted by atomic mass is 15.1. The third-order valence-electron chi connectivity index (χ3n) is 3.99. The van der Waals surface area contributed by atoms with E-state index < -0.39 is 0 Å². The van der Waals surface area contributed by atoms with E-state index in [0.717, 1.165) is 19.4 Å². The molecule has 3 heteroatoms. The van der Waals surface area contributed by atoms with Gasteiger partial charge in [-0.3, -0.25) is 0 Å². The van der Waals surface area contributed by atoms with Gasteiger partial charge >= 0.3 is 0 Å². The van der Waals surface area contributed by atoms with E-state index in [4.69, 9.17) is 5.26 Å². The standard InChI is InChI=1S/C17H25N3/c1-15-6-5-7-17(14-15)19-16-8-12-20(13-9-16)11-4-2-3-10-18/h5-7,14,16,19H,2-4,8-9,11-13H2,1H3. The minimum atomic E-state index is 0.604. The summed E-state index contributed by atoms with van der Waals surface area (Å²) in [6.45, 7) is 5.64. The molecule has 1 saturated heterocycles. The largest absolute Gasteiger partial charge is 0.382 e. The van der Waals surface area contributed by atoms with Crippen molar-refractivity contribution in [1.29, 1.82) is 5.26 Å². The first-order chi connectivity index (χ1) is 9.78. The number of unbranched alkanes of at least 4 members (excludes halogenated alkanes) is 2. The van der Waals surface area contributed by atoms with Crippen molar-refractivity contribution in [2.75, 3.05) is 25.0 Å². The highest BCUT2D eigenvalue weighted by Gasteiger charge is 2.18. The summed E-state index contributed by atoms with van der Waals surface area (Å²) in [5.41, 5.74) is 2.56. The number of nitrogens with zero attached hydrogens (tertiary/aromatic N) is 2. The van der Waals surface area contributed by atoms with E-state index >= 15 is 0 Å². The summed E-state index contributed by atoms with van der Waals surface area (Å²) in [7, 11) is 0. The van der Waals surface area contributed by atoms with Crippen molar-refractivity contribution in [3.8, 4) is 6.07 Å². The van der Waals surface area contributed by atoms with E-state index in [1.54, 1.807) is 0 Å². The maximum absolute atomic E-state index is 8.53. The average molecular weight is 271 g/mol. The molecular weight excluding hydrogens is 246 g/mol. The van der Waals surface area contributed by atoms with Gasteiger partial charge in [0.1, 0.15) is 0 Å². The fourth-order valence-corrected chi connectivity index (χ4v) is 2.81. The summed E-state index contributed by atoms with van der Waals surface area (Å²) in [5.74, 6) is 0. The lowest BCUT2D eigenvalue weighted by atomic mass is 10.0. The highest BCUT2D eigenvalue weighted by molar-refractivity contribution is 5.46. The van der Waals surface area contributed by atoms with Crippen LogP contribution in [-0.4, -0.2) is 30.6 Å². The zero-order valence-corrected chi connectivity index (χ0v) is 12.4. The average Bonchev–Trinajstić information content (AvgIpc) is 2.45. The fourth-order valence-electron chi connectivity index (χ4n) is 2.81. The van der Waals surface area contributed by atoms with Gasteiger partial charge in [-0.15, -0.1) is 0 Å². The first-order valence-corrected chi connectivity index (χ1v) is 7.70. The van der Waals surface area contributed by atoms with E-state index in [1.807, 2.05) is 0 Å². The number of piperidine rings is 1.